The molecule has 3 aliphatic rings. The van der Waals surface area contributed by atoms with Gasteiger partial charge >= 0.3 is 0 Å². The Hall–Kier alpha value is -8.20. The second-order valence-corrected chi connectivity index (χ2v) is 18.8. The number of anilines is 3. The fourth-order valence-corrected chi connectivity index (χ4v) is 12.5. The summed E-state index contributed by atoms with van der Waals surface area (Å²) in [5, 5.41) is 2.56. The van der Waals surface area contributed by atoms with Crippen molar-refractivity contribution in [2.24, 2.45) is 0 Å². The molecule has 2 heteroatoms. The molecule has 0 fully saturated rings. The first kappa shape index (κ1) is 37.2. The standard InChI is InChI=1S/C64H44N2/c1-63(2)53-27-11-6-22-47(53)52-40-44(38-39-54(52)63)65(43-36-34-42(35-37-43)41-18-4-3-5-19-41)58-31-14-9-23-48(58)50-25-17-33-60-61(50)64(55-28-12-7-20-45(55)46-21-8-13-29-56(46)64)57-30-16-26-51-49-24-10-15-32-59(49)66(60)62(51)57/h3-40H,1-2H3. The molecule has 1 aliphatic heterocycles. The van der Waals surface area contributed by atoms with Gasteiger partial charge in [0.2, 0.25) is 0 Å². The van der Waals surface area contributed by atoms with E-state index in [2.05, 4.69) is 254 Å². The number of rotatable bonds is 5. The van der Waals surface area contributed by atoms with Crippen LogP contribution in [0, 0.1) is 0 Å². The predicted molar refractivity (Wildman–Crippen MR) is 275 cm³/mol. The quantitative estimate of drug-likeness (QED) is 0.168. The second-order valence-electron chi connectivity index (χ2n) is 18.8. The maximum Gasteiger partial charge on any atom is 0.0760 e. The summed E-state index contributed by atoms with van der Waals surface area (Å²) in [6, 6.07) is 86.4. The van der Waals surface area contributed by atoms with Crippen molar-refractivity contribution in [2.45, 2.75) is 24.7 Å². The number of fused-ring (bicyclic) bond motifs is 15. The third-order valence-corrected chi connectivity index (χ3v) is 15.2. The third-order valence-electron chi connectivity index (χ3n) is 15.2. The monoisotopic (exact) mass is 840 g/mol. The van der Waals surface area contributed by atoms with Gasteiger partial charge in [-0.15, -0.1) is 0 Å². The molecule has 1 spiro atoms. The highest BCUT2D eigenvalue weighted by atomic mass is 15.1. The Morgan fingerprint density at radius 2 is 0.894 bits per heavy atom. The molecule has 0 N–H and O–H groups in total. The Balaban J connectivity index is 1.08. The van der Waals surface area contributed by atoms with Crippen molar-refractivity contribution < 1.29 is 0 Å². The topological polar surface area (TPSA) is 8.17 Å². The minimum Gasteiger partial charge on any atom is -0.310 e. The molecular weight excluding hydrogens is 797 g/mol. The summed E-state index contributed by atoms with van der Waals surface area (Å²) < 4.78 is 2.57. The lowest BCUT2D eigenvalue weighted by Crippen LogP contribution is -2.34. The fourth-order valence-electron chi connectivity index (χ4n) is 12.5. The lowest BCUT2D eigenvalue weighted by molar-refractivity contribution is 0.660. The summed E-state index contributed by atoms with van der Waals surface area (Å²) in [5.74, 6) is 0. The third kappa shape index (κ3) is 4.85. The molecule has 0 bridgehead atoms. The van der Waals surface area contributed by atoms with Crippen molar-refractivity contribution in [3.63, 3.8) is 0 Å². The van der Waals surface area contributed by atoms with E-state index < -0.39 is 5.41 Å². The number of aromatic nitrogens is 1. The van der Waals surface area contributed by atoms with Crippen LogP contribution in [0.3, 0.4) is 0 Å². The molecule has 2 heterocycles. The zero-order valence-electron chi connectivity index (χ0n) is 36.8. The van der Waals surface area contributed by atoms with Crippen molar-refractivity contribution in [3.05, 3.63) is 264 Å². The van der Waals surface area contributed by atoms with Gasteiger partial charge in [-0.3, -0.25) is 0 Å². The summed E-state index contributed by atoms with van der Waals surface area (Å²) in [4.78, 5) is 2.50. The number of hydrogen-bond acceptors (Lipinski definition) is 1. The van der Waals surface area contributed by atoms with Crippen molar-refractivity contribution >= 4 is 38.9 Å². The second kappa shape index (κ2) is 13.7. The predicted octanol–water partition coefficient (Wildman–Crippen LogP) is 16.6. The van der Waals surface area contributed by atoms with Gasteiger partial charge in [0.25, 0.3) is 0 Å². The Morgan fingerprint density at radius 1 is 0.364 bits per heavy atom. The van der Waals surface area contributed by atoms with Gasteiger partial charge in [0.1, 0.15) is 0 Å². The minimum absolute atomic E-state index is 0.0971. The maximum atomic E-state index is 2.57. The summed E-state index contributed by atoms with van der Waals surface area (Å²) in [6.07, 6.45) is 0. The van der Waals surface area contributed by atoms with E-state index in [9.17, 15) is 0 Å². The Morgan fingerprint density at radius 3 is 1.65 bits per heavy atom. The van der Waals surface area contributed by atoms with Crippen molar-refractivity contribution in [1.29, 1.82) is 0 Å². The molecule has 0 unspecified atom stereocenters. The van der Waals surface area contributed by atoms with E-state index in [1.807, 2.05) is 0 Å². The van der Waals surface area contributed by atoms with E-state index >= 15 is 0 Å². The Kier molecular flexibility index (Phi) is 7.70. The van der Waals surface area contributed by atoms with Crippen LogP contribution in [0.25, 0.3) is 72.0 Å². The molecule has 1 aromatic heterocycles. The highest BCUT2D eigenvalue weighted by Crippen LogP contribution is 2.63. The number of para-hydroxylation sites is 3. The van der Waals surface area contributed by atoms with Crippen LogP contribution in [0.2, 0.25) is 0 Å². The van der Waals surface area contributed by atoms with Crippen LogP contribution in [-0.4, -0.2) is 4.57 Å². The van der Waals surface area contributed by atoms with Crippen LogP contribution in [0.1, 0.15) is 47.2 Å². The van der Waals surface area contributed by atoms with E-state index in [1.165, 1.54) is 105 Å². The van der Waals surface area contributed by atoms with Gasteiger partial charge in [0.05, 0.1) is 27.8 Å². The van der Waals surface area contributed by atoms with E-state index in [1.54, 1.807) is 0 Å². The highest BCUT2D eigenvalue weighted by Gasteiger charge is 2.52. The van der Waals surface area contributed by atoms with Gasteiger partial charge in [0.15, 0.2) is 0 Å². The SMILES string of the molecule is CC1(C)c2ccccc2-c2cc(N(c3ccc(-c4ccccc4)cc3)c3ccccc3-c3cccc4c3C3(c5ccccc5-c5ccccc53)c3cccc5c6ccccc6n-4c35)ccc21. The number of hydrogen-bond donors (Lipinski definition) is 0. The smallest absolute Gasteiger partial charge is 0.0760 e. The van der Waals surface area contributed by atoms with Crippen LogP contribution >= 0.6 is 0 Å². The molecule has 2 nitrogen and oxygen atoms in total. The molecular formula is C64H44N2. The van der Waals surface area contributed by atoms with Crippen LogP contribution in [0.4, 0.5) is 17.1 Å². The molecule has 0 amide bonds. The minimum atomic E-state index is -0.596. The molecule has 2 aliphatic carbocycles. The van der Waals surface area contributed by atoms with E-state index in [-0.39, 0.29) is 5.41 Å². The Labute approximate surface area is 385 Å². The van der Waals surface area contributed by atoms with Crippen LogP contribution in [0.5, 0.6) is 0 Å². The molecule has 14 rings (SSSR count). The molecule has 66 heavy (non-hydrogen) atoms. The van der Waals surface area contributed by atoms with Crippen LogP contribution in [-0.2, 0) is 10.8 Å². The number of benzene rings is 10. The lowest BCUT2D eigenvalue weighted by Gasteiger charge is -2.41. The maximum absolute atomic E-state index is 2.57. The van der Waals surface area contributed by atoms with Gasteiger partial charge in [0, 0.05) is 38.7 Å². The average molecular weight is 841 g/mol. The number of nitrogens with zero attached hydrogens (tertiary/aromatic N) is 2. The van der Waals surface area contributed by atoms with E-state index in [4.69, 9.17) is 0 Å². The molecule has 11 aromatic rings. The first-order valence-electron chi connectivity index (χ1n) is 23.2. The van der Waals surface area contributed by atoms with Crippen molar-refractivity contribution in [3.8, 4) is 50.2 Å². The first-order chi connectivity index (χ1) is 32.5. The lowest BCUT2D eigenvalue weighted by atomic mass is 9.63. The van der Waals surface area contributed by atoms with E-state index in [0.717, 1.165) is 17.1 Å². The molecule has 0 saturated carbocycles. The van der Waals surface area contributed by atoms with Gasteiger partial charge < -0.3 is 9.47 Å². The normalized spacial score (nSPS) is 14.2. The fraction of sp³-hybridized carbons (Fsp3) is 0.0625. The average Bonchev–Trinajstić information content (AvgIpc) is 3.95. The molecule has 0 saturated heterocycles. The van der Waals surface area contributed by atoms with Gasteiger partial charge in [-0.25, -0.2) is 0 Å². The van der Waals surface area contributed by atoms with Gasteiger partial charge in [-0.2, -0.15) is 0 Å². The van der Waals surface area contributed by atoms with Crippen LogP contribution in [0.15, 0.2) is 231 Å². The summed E-state index contributed by atoms with van der Waals surface area (Å²) in [5.41, 5.74) is 24.4. The molecule has 0 atom stereocenters. The zero-order valence-corrected chi connectivity index (χ0v) is 36.8. The Bertz CT molecular complexity index is 3750. The molecule has 310 valence electrons. The van der Waals surface area contributed by atoms with Gasteiger partial charge in [-0.1, -0.05) is 202 Å². The van der Waals surface area contributed by atoms with Crippen LogP contribution < -0.4 is 4.90 Å². The molecule has 10 aromatic carbocycles. The summed E-state index contributed by atoms with van der Waals surface area (Å²) in [6.45, 7) is 4.72. The van der Waals surface area contributed by atoms with Crippen molar-refractivity contribution in [2.75, 3.05) is 4.90 Å². The van der Waals surface area contributed by atoms with Gasteiger partial charge in [-0.05, 0) is 109 Å². The largest absolute Gasteiger partial charge is 0.310 e. The summed E-state index contributed by atoms with van der Waals surface area (Å²) >= 11 is 0. The zero-order chi connectivity index (χ0) is 43.7. The first-order valence-corrected chi connectivity index (χ1v) is 23.2. The van der Waals surface area contributed by atoms with Crippen molar-refractivity contribution in [1.82, 2.24) is 4.57 Å². The highest BCUT2D eigenvalue weighted by molar-refractivity contribution is 6.13. The molecule has 0 radical (unpaired) electrons. The summed E-state index contributed by atoms with van der Waals surface area (Å²) in [7, 11) is 0. The van der Waals surface area contributed by atoms with E-state index in [0.29, 0.717) is 0 Å².